The highest BCUT2D eigenvalue weighted by Gasteiger charge is 2.14. The third kappa shape index (κ3) is 4.06. The summed E-state index contributed by atoms with van der Waals surface area (Å²) in [7, 11) is 0. The zero-order chi connectivity index (χ0) is 13.7. The molecule has 7 heteroatoms. The van der Waals surface area contributed by atoms with Crippen LogP contribution in [-0.4, -0.2) is 27.2 Å². The molecule has 6 nitrogen and oxygen atoms in total. The van der Waals surface area contributed by atoms with E-state index in [1.807, 2.05) is 12.1 Å². The van der Waals surface area contributed by atoms with Gasteiger partial charge in [0.05, 0.1) is 6.54 Å². The molecular weight excluding hydrogens is 312 g/mol. The molecule has 1 aromatic heterocycles. The lowest BCUT2D eigenvalue weighted by atomic mass is 10.3. The monoisotopic (exact) mass is 324 g/mol. The number of rotatable bonds is 5. The molecule has 0 aliphatic heterocycles. The van der Waals surface area contributed by atoms with Gasteiger partial charge in [-0.2, -0.15) is 5.10 Å². The number of carbonyl (C=O) groups excluding carboxylic acids is 1. The number of ether oxygens (including phenoxy) is 1. The Bertz CT molecular complexity index is 544. The molecule has 1 amide bonds. The van der Waals surface area contributed by atoms with Crippen molar-refractivity contribution in [1.82, 2.24) is 20.5 Å². The maximum absolute atomic E-state index is 11.8. The summed E-state index contributed by atoms with van der Waals surface area (Å²) >= 11 is 3.35. The maximum Gasteiger partial charge on any atom is 0.261 e. The molecule has 0 aliphatic carbocycles. The van der Waals surface area contributed by atoms with Crippen molar-refractivity contribution in [2.45, 2.75) is 19.6 Å². The van der Waals surface area contributed by atoms with Crippen molar-refractivity contribution in [3.8, 4) is 5.75 Å². The van der Waals surface area contributed by atoms with E-state index in [0.717, 1.165) is 4.47 Å². The number of halogens is 1. The fourth-order valence-electron chi connectivity index (χ4n) is 1.43. The van der Waals surface area contributed by atoms with Crippen LogP contribution in [-0.2, 0) is 11.3 Å². The van der Waals surface area contributed by atoms with Gasteiger partial charge in [0, 0.05) is 4.47 Å². The Balaban J connectivity index is 1.85. The van der Waals surface area contributed by atoms with Gasteiger partial charge in [-0.25, -0.2) is 4.98 Å². The number of carbonyl (C=O) groups is 1. The second-order valence-corrected chi connectivity index (χ2v) is 4.78. The van der Waals surface area contributed by atoms with E-state index in [4.69, 9.17) is 4.74 Å². The summed E-state index contributed by atoms with van der Waals surface area (Å²) in [5, 5.41) is 9.07. The Kier molecular flexibility index (Phi) is 4.51. The molecule has 19 heavy (non-hydrogen) atoms. The second-order valence-electron chi connectivity index (χ2n) is 3.87. The molecule has 2 N–H and O–H groups in total. The molecule has 0 fully saturated rings. The van der Waals surface area contributed by atoms with Crippen LogP contribution in [0.15, 0.2) is 35.1 Å². The van der Waals surface area contributed by atoms with Gasteiger partial charge >= 0.3 is 0 Å². The van der Waals surface area contributed by atoms with Crippen LogP contribution in [0.4, 0.5) is 0 Å². The predicted octanol–water partition coefficient (Wildman–Crippen LogP) is 1.65. The standard InChI is InChI=1S/C12H13BrN4O2/c1-8(19-10-4-2-3-9(13)5-10)12(18)14-6-11-15-7-16-17-11/h2-5,7-8H,6H2,1H3,(H,14,18)(H,15,16,17)/t8-/m1/s1. The van der Waals surface area contributed by atoms with Gasteiger partial charge in [0.25, 0.3) is 5.91 Å². The topological polar surface area (TPSA) is 79.9 Å². The number of nitrogens with one attached hydrogen (secondary N) is 2. The lowest BCUT2D eigenvalue weighted by Gasteiger charge is -2.14. The van der Waals surface area contributed by atoms with Crippen LogP contribution in [0, 0.1) is 0 Å². The number of aromatic amines is 1. The molecule has 1 aromatic carbocycles. The molecule has 0 saturated heterocycles. The van der Waals surface area contributed by atoms with Gasteiger partial charge in [-0.3, -0.25) is 9.89 Å². The van der Waals surface area contributed by atoms with E-state index in [9.17, 15) is 4.79 Å². The van der Waals surface area contributed by atoms with E-state index in [2.05, 4.69) is 36.4 Å². The van der Waals surface area contributed by atoms with Crippen molar-refractivity contribution in [2.75, 3.05) is 0 Å². The summed E-state index contributed by atoms with van der Waals surface area (Å²) in [4.78, 5) is 15.7. The number of aromatic nitrogens is 3. The van der Waals surface area contributed by atoms with Gasteiger partial charge < -0.3 is 10.1 Å². The van der Waals surface area contributed by atoms with E-state index in [1.54, 1.807) is 19.1 Å². The Morgan fingerprint density at radius 2 is 2.42 bits per heavy atom. The Hall–Kier alpha value is -1.89. The van der Waals surface area contributed by atoms with Crippen LogP contribution < -0.4 is 10.1 Å². The summed E-state index contributed by atoms with van der Waals surface area (Å²) in [6.45, 7) is 1.99. The highest BCUT2D eigenvalue weighted by atomic mass is 79.9. The summed E-state index contributed by atoms with van der Waals surface area (Å²) in [6, 6.07) is 7.34. The van der Waals surface area contributed by atoms with Gasteiger partial charge in [0.15, 0.2) is 6.10 Å². The minimum absolute atomic E-state index is 0.212. The highest BCUT2D eigenvalue weighted by Crippen LogP contribution is 2.18. The second kappa shape index (κ2) is 6.33. The molecule has 0 aliphatic rings. The Morgan fingerprint density at radius 3 is 3.11 bits per heavy atom. The molecule has 2 aromatic rings. The van der Waals surface area contributed by atoms with E-state index >= 15 is 0 Å². The summed E-state index contributed by atoms with van der Waals surface area (Å²) in [6.07, 6.45) is 0.806. The molecule has 0 spiro atoms. The molecule has 0 unspecified atom stereocenters. The molecular formula is C12H13BrN4O2. The molecule has 2 rings (SSSR count). The maximum atomic E-state index is 11.8. The van der Waals surface area contributed by atoms with E-state index in [1.165, 1.54) is 6.33 Å². The van der Waals surface area contributed by atoms with Crippen molar-refractivity contribution < 1.29 is 9.53 Å². The van der Waals surface area contributed by atoms with Crippen molar-refractivity contribution in [2.24, 2.45) is 0 Å². The highest BCUT2D eigenvalue weighted by molar-refractivity contribution is 9.10. The molecule has 1 atom stereocenters. The van der Waals surface area contributed by atoms with Crippen molar-refractivity contribution in [3.63, 3.8) is 0 Å². The zero-order valence-corrected chi connectivity index (χ0v) is 11.8. The SMILES string of the molecule is C[C@@H](Oc1cccc(Br)c1)C(=O)NCc1ncn[nH]1. The normalized spacial score (nSPS) is 11.9. The van der Waals surface area contributed by atoms with Crippen molar-refractivity contribution >= 4 is 21.8 Å². The average molecular weight is 325 g/mol. The van der Waals surface area contributed by atoms with Gasteiger partial charge in [-0.05, 0) is 25.1 Å². The third-order valence-corrected chi connectivity index (χ3v) is 2.87. The van der Waals surface area contributed by atoms with Gasteiger partial charge in [-0.15, -0.1) is 0 Å². The molecule has 100 valence electrons. The largest absolute Gasteiger partial charge is 0.481 e. The Morgan fingerprint density at radius 1 is 1.58 bits per heavy atom. The van der Waals surface area contributed by atoms with Crippen LogP contribution in [0.5, 0.6) is 5.75 Å². The molecule has 0 bridgehead atoms. The van der Waals surface area contributed by atoms with Crippen LogP contribution in [0.1, 0.15) is 12.7 Å². The molecule has 0 saturated carbocycles. The quantitative estimate of drug-likeness (QED) is 0.876. The average Bonchev–Trinajstić information content (AvgIpc) is 2.89. The Labute approximate surface area is 118 Å². The van der Waals surface area contributed by atoms with E-state index < -0.39 is 6.10 Å². The fraction of sp³-hybridized carbons (Fsp3) is 0.250. The number of hydrogen-bond donors (Lipinski definition) is 2. The number of H-pyrrole nitrogens is 1. The fourth-order valence-corrected chi connectivity index (χ4v) is 1.81. The first kappa shape index (κ1) is 13.5. The van der Waals surface area contributed by atoms with Crippen LogP contribution in [0.3, 0.4) is 0 Å². The van der Waals surface area contributed by atoms with Gasteiger partial charge in [-0.1, -0.05) is 22.0 Å². The van der Waals surface area contributed by atoms with E-state index in [0.29, 0.717) is 18.1 Å². The first-order chi connectivity index (χ1) is 9.15. The number of hydrogen-bond acceptors (Lipinski definition) is 4. The minimum Gasteiger partial charge on any atom is -0.481 e. The smallest absolute Gasteiger partial charge is 0.261 e. The lowest BCUT2D eigenvalue weighted by molar-refractivity contribution is -0.127. The minimum atomic E-state index is -0.586. The number of benzene rings is 1. The number of amides is 1. The van der Waals surface area contributed by atoms with Crippen molar-refractivity contribution in [1.29, 1.82) is 0 Å². The van der Waals surface area contributed by atoms with Gasteiger partial charge in [0.1, 0.15) is 17.9 Å². The van der Waals surface area contributed by atoms with E-state index in [-0.39, 0.29) is 5.91 Å². The molecule has 0 radical (unpaired) electrons. The van der Waals surface area contributed by atoms with Crippen LogP contribution in [0.2, 0.25) is 0 Å². The summed E-state index contributed by atoms with van der Waals surface area (Å²) in [5.74, 6) is 1.02. The van der Waals surface area contributed by atoms with Crippen molar-refractivity contribution in [3.05, 3.63) is 40.9 Å². The summed E-state index contributed by atoms with van der Waals surface area (Å²) < 4.78 is 6.44. The van der Waals surface area contributed by atoms with Crippen LogP contribution >= 0.6 is 15.9 Å². The first-order valence-corrected chi connectivity index (χ1v) is 6.48. The predicted molar refractivity (Wildman–Crippen MR) is 72.5 cm³/mol. The lowest BCUT2D eigenvalue weighted by Crippen LogP contribution is -2.36. The zero-order valence-electron chi connectivity index (χ0n) is 10.3. The third-order valence-electron chi connectivity index (χ3n) is 2.37. The molecule has 1 heterocycles. The van der Waals surface area contributed by atoms with Crippen LogP contribution in [0.25, 0.3) is 0 Å². The van der Waals surface area contributed by atoms with Gasteiger partial charge in [0.2, 0.25) is 0 Å². The summed E-state index contributed by atoms with van der Waals surface area (Å²) in [5.41, 5.74) is 0. The first-order valence-electron chi connectivity index (χ1n) is 5.69. The number of nitrogens with zero attached hydrogens (tertiary/aromatic N) is 2.